The number of unbranched alkanes of at least 4 members (excludes halogenated alkanes) is 2. The molecular formula is C13H16ClNO6. The molecule has 0 fully saturated rings. The van der Waals surface area contributed by atoms with Crippen LogP contribution >= 0.6 is 12.4 Å². The van der Waals surface area contributed by atoms with E-state index in [-0.39, 0.29) is 42.4 Å². The van der Waals surface area contributed by atoms with Gasteiger partial charge in [0, 0.05) is 6.42 Å². The molecule has 0 aliphatic carbocycles. The third-order valence-corrected chi connectivity index (χ3v) is 2.63. The van der Waals surface area contributed by atoms with Gasteiger partial charge in [0.2, 0.25) is 0 Å². The zero-order chi connectivity index (χ0) is 15.0. The molecule has 1 aromatic carbocycles. The van der Waals surface area contributed by atoms with Gasteiger partial charge in [0.05, 0.1) is 17.1 Å². The van der Waals surface area contributed by atoms with Gasteiger partial charge in [0.25, 0.3) is 0 Å². The molecule has 0 amide bonds. The van der Waals surface area contributed by atoms with E-state index in [2.05, 4.69) is 0 Å². The monoisotopic (exact) mass is 317 g/mol. The summed E-state index contributed by atoms with van der Waals surface area (Å²) in [7, 11) is 0. The molecule has 1 rings (SSSR count). The third kappa shape index (κ3) is 6.22. The second kappa shape index (κ2) is 9.71. The molecule has 1 aromatic rings. The normalized spacial score (nSPS) is 9.52. The molecule has 0 unspecified atom stereocenters. The number of hydrogen-bond acceptors (Lipinski definition) is 5. The van der Waals surface area contributed by atoms with E-state index in [4.69, 9.17) is 9.84 Å². The number of ether oxygens (including phenoxy) is 1. The molecule has 21 heavy (non-hydrogen) atoms. The van der Waals surface area contributed by atoms with Gasteiger partial charge in [0.1, 0.15) is 0 Å². The molecule has 0 spiro atoms. The van der Waals surface area contributed by atoms with Crippen molar-refractivity contribution in [3.05, 3.63) is 33.9 Å². The average Bonchev–Trinajstić information content (AvgIpc) is 2.41. The number of carboxylic acid groups (broad SMARTS) is 1. The molecule has 0 aliphatic heterocycles. The predicted molar refractivity (Wildman–Crippen MR) is 77.3 cm³/mol. The molecular weight excluding hydrogens is 302 g/mol. The van der Waals surface area contributed by atoms with Crippen molar-refractivity contribution in [2.24, 2.45) is 0 Å². The molecule has 0 saturated carbocycles. The van der Waals surface area contributed by atoms with Gasteiger partial charge in [-0.25, -0.2) is 0 Å². The van der Waals surface area contributed by atoms with Crippen molar-refractivity contribution < 1.29 is 24.4 Å². The molecule has 1 N–H and O–H groups in total. The van der Waals surface area contributed by atoms with Crippen LogP contribution in [0, 0.1) is 10.1 Å². The molecule has 0 saturated heterocycles. The van der Waals surface area contributed by atoms with Crippen molar-refractivity contribution in [1.82, 2.24) is 0 Å². The SMILES string of the molecule is Cl.O=Cc1cccc(OCCCCCC(=O)O)c1[N+](=O)[O-]. The Labute approximate surface area is 127 Å². The zero-order valence-electron chi connectivity index (χ0n) is 11.2. The van der Waals surface area contributed by atoms with Crippen LogP contribution in [0.15, 0.2) is 18.2 Å². The van der Waals surface area contributed by atoms with Crippen molar-refractivity contribution in [3.8, 4) is 5.75 Å². The number of nitro groups is 1. The number of halogens is 1. The minimum Gasteiger partial charge on any atom is -0.487 e. The number of carbonyl (C=O) groups is 2. The number of hydrogen-bond donors (Lipinski definition) is 1. The van der Waals surface area contributed by atoms with Crippen LogP contribution in [-0.4, -0.2) is 28.9 Å². The molecule has 7 nitrogen and oxygen atoms in total. The fourth-order valence-corrected chi connectivity index (χ4v) is 1.68. The quantitative estimate of drug-likeness (QED) is 0.325. The van der Waals surface area contributed by atoms with Crippen LogP contribution in [0.3, 0.4) is 0 Å². The van der Waals surface area contributed by atoms with Gasteiger partial charge in [0.15, 0.2) is 12.0 Å². The van der Waals surface area contributed by atoms with Crippen molar-refractivity contribution in [2.45, 2.75) is 25.7 Å². The molecule has 8 heteroatoms. The van der Waals surface area contributed by atoms with Crippen LogP contribution in [0.25, 0.3) is 0 Å². The Morgan fingerprint density at radius 1 is 1.33 bits per heavy atom. The van der Waals surface area contributed by atoms with Crippen LogP contribution in [0.1, 0.15) is 36.0 Å². The molecule has 0 radical (unpaired) electrons. The number of aliphatic carboxylic acids is 1. The van der Waals surface area contributed by atoms with E-state index in [0.717, 1.165) is 0 Å². The van der Waals surface area contributed by atoms with E-state index < -0.39 is 10.9 Å². The van der Waals surface area contributed by atoms with Crippen LogP contribution in [-0.2, 0) is 4.79 Å². The molecule has 0 atom stereocenters. The summed E-state index contributed by atoms with van der Waals surface area (Å²) in [6.07, 6.45) is 2.30. The summed E-state index contributed by atoms with van der Waals surface area (Å²) in [5.41, 5.74) is -0.369. The minimum absolute atomic E-state index is 0. The summed E-state index contributed by atoms with van der Waals surface area (Å²) in [5, 5.41) is 19.4. The summed E-state index contributed by atoms with van der Waals surface area (Å²) in [6, 6.07) is 4.30. The highest BCUT2D eigenvalue weighted by atomic mass is 35.5. The van der Waals surface area contributed by atoms with Crippen LogP contribution < -0.4 is 4.74 Å². The smallest absolute Gasteiger partial charge is 0.321 e. The highest BCUT2D eigenvalue weighted by Gasteiger charge is 2.20. The zero-order valence-corrected chi connectivity index (χ0v) is 12.0. The van der Waals surface area contributed by atoms with Crippen LogP contribution in [0.2, 0.25) is 0 Å². The fraction of sp³-hybridized carbons (Fsp3) is 0.385. The number of carboxylic acids is 1. The topological polar surface area (TPSA) is 107 Å². The van der Waals surface area contributed by atoms with Gasteiger partial charge in [-0.3, -0.25) is 19.7 Å². The number of para-hydroxylation sites is 1. The molecule has 0 aliphatic rings. The Morgan fingerprint density at radius 2 is 2.05 bits per heavy atom. The second-order valence-electron chi connectivity index (χ2n) is 4.12. The number of benzene rings is 1. The number of aldehydes is 1. The Morgan fingerprint density at radius 3 is 2.62 bits per heavy atom. The average molecular weight is 318 g/mol. The summed E-state index contributed by atoms with van der Waals surface area (Å²) in [5.74, 6) is -0.793. The van der Waals surface area contributed by atoms with Gasteiger partial charge in [-0.1, -0.05) is 6.07 Å². The standard InChI is InChI=1S/C13H15NO6.ClH/c15-9-10-5-4-6-11(13(10)14(18)19)20-8-3-1-2-7-12(16)17;/h4-6,9H,1-3,7-8H2,(H,16,17);1H. The maximum Gasteiger partial charge on any atom is 0.321 e. The Balaban J connectivity index is 0.00000400. The lowest BCUT2D eigenvalue weighted by molar-refractivity contribution is -0.386. The summed E-state index contributed by atoms with van der Waals surface area (Å²) in [6.45, 7) is 0.239. The first-order valence-corrected chi connectivity index (χ1v) is 6.13. The van der Waals surface area contributed by atoms with E-state index in [1.807, 2.05) is 0 Å². The van der Waals surface area contributed by atoms with Crippen molar-refractivity contribution in [2.75, 3.05) is 6.61 Å². The van der Waals surface area contributed by atoms with Crippen molar-refractivity contribution in [1.29, 1.82) is 0 Å². The first kappa shape index (κ1) is 18.9. The molecule has 0 aromatic heterocycles. The highest BCUT2D eigenvalue weighted by molar-refractivity contribution is 5.85. The lowest BCUT2D eigenvalue weighted by Crippen LogP contribution is -2.03. The minimum atomic E-state index is -0.847. The Bertz CT molecular complexity index is 505. The summed E-state index contributed by atoms with van der Waals surface area (Å²) in [4.78, 5) is 31.3. The van der Waals surface area contributed by atoms with Gasteiger partial charge < -0.3 is 9.84 Å². The second-order valence-corrected chi connectivity index (χ2v) is 4.12. The summed E-state index contributed by atoms with van der Waals surface area (Å²) >= 11 is 0. The van der Waals surface area contributed by atoms with Gasteiger partial charge in [-0.15, -0.1) is 12.4 Å². The third-order valence-electron chi connectivity index (χ3n) is 2.63. The van der Waals surface area contributed by atoms with E-state index in [9.17, 15) is 19.7 Å². The largest absolute Gasteiger partial charge is 0.487 e. The van der Waals surface area contributed by atoms with Gasteiger partial charge in [-0.2, -0.15) is 0 Å². The first-order chi connectivity index (χ1) is 9.56. The van der Waals surface area contributed by atoms with E-state index in [0.29, 0.717) is 25.5 Å². The van der Waals surface area contributed by atoms with Gasteiger partial charge >= 0.3 is 11.7 Å². The molecule has 0 bridgehead atoms. The van der Waals surface area contributed by atoms with E-state index in [1.54, 1.807) is 0 Å². The first-order valence-electron chi connectivity index (χ1n) is 6.13. The predicted octanol–water partition coefficient (Wildman–Crippen LogP) is 2.85. The van der Waals surface area contributed by atoms with Crippen molar-refractivity contribution >= 4 is 30.3 Å². The number of rotatable bonds is 9. The van der Waals surface area contributed by atoms with Gasteiger partial charge in [-0.05, 0) is 31.4 Å². The number of nitrogens with zero attached hydrogens (tertiary/aromatic N) is 1. The highest BCUT2D eigenvalue weighted by Crippen LogP contribution is 2.29. The lowest BCUT2D eigenvalue weighted by Gasteiger charge is -2.07. The lowest BCUT2D eigenvalue weighted by atomic mass is 10.2. The maximum absolute atomic E-state index is 10.9. The Kier molecular flexibility index (Phi) is 8.71. The number of carbonyl (C=O) groups excluding carboxylic acids is 1. The Hall–Kier alpha value is -2.15. The molecule has 0 heterocycles. The van der Waals surface area contributed by atoms with Crippen LogP contribution in [0.4, 0.5) is 5.69 Å². The van der Waals surface area contributed by atoms with E-state index >= 15 is 0 Å². The van der Waals surface area contributed by atoms with E-state index in [1.165, 1.54) is 18.2 Å². The maximum atomic E-state index is 10.9. The number of nitro benzene ring substituents is 1. The van der Waals surface area contributed by atoms with Crippen LogP contribution in [0.5, 0.6) is 5.75 Å². The fourth-order valence-electron chi connectivity index (χ4n) is 1.68. The van der Waals surface area contributed by atoms with Crippen molar-refractivity contribution in [3.63, 3.8) is 0 Å². The molecule has 116 valence electrons. The summed E-state index contributed by atoms with van der Waals surface area (Å²) < 4.78 is 5.30.